The van der Waals surface area contributed by atoms with Crippen LogP contribution in [0.1, 0.15) is 36.8 Å². The van der Waals surface area contributed by atoms with Crippen LogP contribution in [-0.4, -0.2) is 29.2 Å². The van der Waals surface area contributed by atoms with Crippen molar-refractivity contribution in [2.45, 2.75) is 51.3 Å². The number of benzene rings is 1. The molecule has 0 aromatic heterocycles. The summed E-state index contributed by atoms with van der Waals surface area (Å²) in [5.74, 6) is 0. The average molecular weight is 312 g/mol. The Hall–Kier alpha value is -0.380. The highest BCUT2D eigenvalue weighted by molar-refractivity contribution is 9.10. The van der Waals surface area contributed by atoms with Gasteiger partial charge in [-0.1, -0.05) is 22.0 Å². The summed E-state index contributed by atoms with van der Waals surface area (Å²) in [5, 5.41) is 9.55. The van der Waals surface area contributed by atoms with Crippen molar-refractivity contribution in [1.29, 1.82) is 0 Å². The lowest BCUT2D eigenvalue weighted by Gasteiger charge is -2.33. The molecule has 0 radical (unpaired) electrons. The molecule has 18 heavy (non-hydrogen) atoms. The Bertz CT molecular complexity index is 399. The van der Waals surface area contributed by atoms with Gasteiger partial charge in [-0.15, -0.1) is 0 Å². The van der Waals surface area contributed by atoms with Crippen molar-refractivity contribution in [3.8, 4) is 0 Å². The fourth-order valence-electron chi connectivity index (χ4n) is 2.71. The van der Waals surface area contributed by atoms with E-state index in [2.05, 4.69) is 53.0 Å². The predicted molar refractivity (Wildman–Crippen MR) is 78.6 cm³/mol. The molecular weight excluding hydrogens is 290 g/mol. The number of halogens is 1. The van der Waals surface area contributed by atoms with Crippen LogP contribution in [0.2, 0.25) is 0 Å². The minimum absolute atomic E-state index is 0.0674. The van der Waals surface area contributed by atoms with Gasteiger partial charge in [0.25, 0.3) is 0 Å². The van der Waals surface area contributed by atoms with Crippen molar-refractivity contribution >= 4 is 15.9 Å². The largest absolute Gasteiger partial charge is 0.393 e. The number of hydrogen-bond donors (Lipinski definition) is 1. The lowest BCUT2D eigenvalue weighted by Crippen LogP contribution is -2.36. The van der Waals surface area contributed by atoms with Crippen molar-refractivity contribution in [3.63, 3.8) is 0 Å². The molecule has 1 aromatic carbocycles. The zero-order valence-corrected chi connectivity index (χ0v) is 12.8. The van der Waals surface area contributed by atoms with Crippen LogP contribution in [0.25, 0.3) is 0 Å². The molecule has 3 heteroatoms. The molecule has 2 rings (SSSR count). The van der Waals surface area contributed by atoms with E-state index in [1.54, 1.807) is 0 Å². The summed E-state index contributed by atoms with van der Waals surface area (Å²) in [6, 6.07) is 7.09. The maximum Gasteiger partial charge on any atom is 0.0541 e. The second-order valence-electron chi connectivity index (χ2n) is 5.45. The third-order valence-corrected chi connectivity index (χ3v) is 4.51. The van der Waals surface area contributed by atoms with E-state index >= 15 is 0 Å². The van der Waals surface area contributed by atoms with Crippen molar-refractivity contribution in [2.24, 2.45) is 0 Å². The summed E-state index contributed by atoms with van der Waals surface area (Å²) < 4.78 is 1.15. The van der Waals surface area contributed by atoms with Crippen LogP contribution in [0.4, 0.5) is 0 Å². The molecule has 0 spiro atoms. The van der Waals surface area contributed by atoms with Crippen molar-refractivity contribution in [1.82, 2.24) is 4.90 Å². The Kier molecular flexibility index (Phi) is 4.82. The minimum Gasteiger partial charge on any atom is -0.393 e. The molecule has 1 fully saturated rings. The molecule has 0 unspecified atom stereocenters. The van der Waals surface area contributed by atoms with E-state index in [1.807, 2.05) is 0 Å². The summed E-state index contributed by atoms with van der Waals surface area (Å²) in [4.78, 5) is 2.43. The fourth-order valence-corrected chi connectivity index (χ4v) is 3.12. The lowest BCUT2D eigenvalue weighted by molar-refractivity contribution is 0.0817. The smallest absolute Gasteiger partial charge is 0.0541 e. The second kappa shape index (κ2) is 6.18. The molecule has 100 valence electrons. The highest BCUT2D eigenvalue weighted by Gasteiger charge is 2.22. The lowest BCUT2D eigenvalue weighted by atomic mass is 9.92. The van der Waals surface area contributed by atoms with Crippen molar-refractivity contribution in [3.05, 3.63) is 33.8 Å². The molecule has 1 aromatic rings. The number of aliphatic hydroxyl groups excluding tert-OH is 1. The summed E-state index contributed by atoms with van der Waals surface area (Å²) in [6.07, 6.45) is 4.07. The third kappa shape index (κ3) is 3.56. The highest BCUT2D eigenvalue weighted by Crippen LogP contribution is 2.25. The average Bonchev–Trinajstić information content (AvgIpc) is 2.34. The molecule has 1 aliphatic carbocycles. The molecule has 0 amide bonds. The Morgan fingerprint density at radius 2 is 1.94 bits per heavy atom. The Morgan fingerprint density at radius 3 is 2.61 bits per heavy atom. The number of hydrogen-bond acceptors (Lipinski definition) is 2. The molecular formula is C15H22BrNO. The van der Waals surface area contributed by atoms with E-state index in [9.17, 15) is 5.11 Å². The van der Waals surface area contributed by atoms with E-state index in [0.717, 1.165) is 36.7 Å². The van der Waals surface area contributed by atoms with Gasteiger partial charge >= 0.3 is 0 Å². The molecule has 1 saturated carbocycles. The third-order valence-electron chi connectivity index (χ3n) is 4.02. The number of aryl methyl sites for hydroxylation is 1. The second-order valence-corrected chi connectivity index (χ2v) is 6.36. The summed E-state index contributed by atoms with van der Waals surface area (Å²) in [7, 11) is 2.20. The van der Waals surface area contributed by atoms with E-state index in [4.69, 9.17) is 0 Å². The van der Waals surface area contributed by atoms with E-state index in [0.29, 0.717) is 6.04 Å². The Balaban J connectivity index is 1.98. The summed E-state index contributed by atoms with van der Waals surface area (Å²) >= 11 is 3.54. The van der Waals surface area contributed by atoms with Crippen LogP contribution in [0, 0.1) is 6.92 Å². The van der Waals surface area contributed by atoms with Crippen LogP contribution in [-0.2, 0) is 6.54 Å². The number of rotatable bonds is 3. The van der Waals surface area contributed by atoms with Gasteiger partial charge in [0.2, 0.25) is 0 Å². The van der Waals surface area contributed by atoms with Gasteiger partial charge in [0.15, 0.2) is 0 Å². The first-order valence-electron chi connectivity index (χ1n) is 6.69. The van der Waals surface area contributed by atoms with Gasteiger partial charge in [0.05, 0.1) is 6.10 Å². The topological polar surface area (TPSA) is 23.5 Å². The first-order chi connectivity index (χ1) is 8.56. The normalized spacial score (nSPS) is 24.5. The number of nitrogens with zero attached hydrogens (tertiary/aromatic N) is 1. The van der Waals surface area contributed by atoms with E-state index in [1.165, 1.54) is 11.1 Å². The van der Waals surface area contributed by atoms with Crippen LogP contribution in [0.5, 0.6) is 0 Å². The molecule has 2 nitrogen and oxygen atoms in total. The SMILES string of the molecule is Cc1ccc(Br)cc1CN(C)C1CCC(O)CC1. The van der Waals surface area contributed by atoms with Gasteiger partial charge in [-0.25, -0.2) is 0 Å². The molecule has 0 heterocycles. The van der Waals surface area contributed by atoms with E-state index in [-0.39, 0.29) is 6.10 Å². The quantitative estimate of drug-likeness (QED) is 0.923. The summed E-state index contributed by atoms with van der Waals surface area (Å²) in [6.45, 7) is 3.16. The molecule has 0 bridgehead atoms. The Labute approximate surface area is 118 Å². The van der Waals surface area contributed by atoms with Crippen molar-refractivity contribution < 1.29 is 5.11 Å². The van der Waals surface area contributed by atoms with E-state index < -0.39 is 0 Å². The zero-order valence-electron chi connectivity index (χ0n) is 11.2. The monoisotopic (exact) mass is 311 g/mol. The number of aliphatic hydroxyl groups is 1. The van der Waals surface area contributed by atoms with Crippen molar-refractivity contribution in [2.75, 3.05) is 7.05 Å². The Morgan fingerprint density at radius 1 is 1.28 bits per heavy atom. The molecule has 0 aliphatic heterocycles. The van der Waals surface area contributed by atoms with Crippen LogP contribution >= 0.6 is 15.9 Å². The predicted octanol–water partition coefficient (Wildman–Crippen LogP) is 3.49. The maximum atomic E-state index is 9.55. The van der Waals surface area contributed by atoms with Crippen LogP contribution in [0.15, 0.2) is 22.7 Å². The first-order valence-corrected chi connectivity index (χ1v) is 7.49. The highest BCUT2D eigenvalue weighted by atomic mass is 79.9. The molecule has 0 atom stereocenters. The zero-order chi connectivity index (χ0) is 13.1. The van der Waals surface area contributed by atoms with Gasteiger partial charge in [0.1, 0.15) is 0 Å². The maximum absolute atomic E-state index is 9.55. The molecule has 1 N–H and O–H groups in total. The first kappa shape index (κ1) is 14.0. The minimum atomic E-state index is -0.0674. The molecule has 0 saturated heterocycles. The van der Waals surface area contributed by atoms with Gasteiger partial charge in [-0.3, -0.25) is 4.90 Å². The fraction of sp³-hybridized carbons (Fsp3) is 0.600. The van der Waals surface area contributed by atoms with Crippen LogP contribution in [0.3, 0.4) is 0 Å². The van der Waals surface area contributed by atoms with Gasteiger partial charge in [0, 0.05) is 17.1 Å². The molecule has 1 aliphatic rings. The van der Waals surface area contributed by atoms with Gasteiger partial charge < -0.3 is 5.11 Å². The van der Waals surface area contributed by atoms with Gasteiger partial charge in [-0.2, -0.15) is 0 Å². The standard InChI is InChI=1S/C15H22BrNO/c1-11-3-4-13(16)9-12(11)10-17(2)14-5-7-15(18)8-6-14/h3-4,9,14-15,18H,5-8,10H2,1-2H3. The van der Waals surface area contributed by atoms with Gasteiger partial charge in [-0.05, 0) is 62.9 Å². The van der Waals surface area contributed by atoms with Crippen LogP contribution < -0.4 is 0 Å². The summed E-state index contributed by atoms with van der Waals surface area (Å²) in [5.41, 5.74) is 2.74.